The number of anilines is 1. The van der Waals surface area contributed by atoms with Gasteiger partial charge < -0.3 is 10.2 Å². The predicted molar refractivity (Wildman–Crippen MR) is 160 cm³/mol. The van der Waals surface area contributed by atoms with Crippen LogP contribution in [-0.4, -0.2) is 72.4 Å². The summed E-state index contributed by atoms with van der Waals surface area (Å²) in [6.45, 7) is 1.95. The van der Waals surface area contributed by atoms with Crippen LogP contribution in [0, 0.1) is 11.7 Å². The number of fused-ring (bicyclic) bond motifs is 1. The Kier molecular flexibility index (Phi) is 7.57. The summed E-state index contributed by atoms with van der Waals surface area (Å²) in [5.74, 6) is -0.399. The highest BCUT2D eigenvalue weighted by Gasteiger charge is 2.40. The molecule has 2 saturated heterocycles. The molecule has 3 aromatic rings. The van der Waals surface area contributed by atoms with Gasteiger partial charge in [-0.1, -0.05) is 17.7 Å². The summed E-state index contributed by atoms with van der Waals surface area (Å²) in [6.07, 6.45) is 8.98. The summed E-state index contributed by atoms with van der Waals surface area (Å²) < 4.78 is 17.6. The lowest BCUT2D eigenvalue weighted by atomic mass is 10.0. The van der Waals surface area contributed by atoms with E-state index >= 15 is 4.39 Å². The van der Waals surface area contributed by atoms with Crippen molar-refractivity contribution in [3.05, 3.63) is 57.8 Å². The number of hydrogen-bond acceptors (Lipinski definition) is 8. The van der Waals surface area contributed by atoms with Crippen LogP contribution in [0.15, 0.2) is 24.5 Å². The van der Waals surface area contributed by atoms with Crippen molar-refractivity contribution in [3.8, 4) is 11.3 Å². The molecule has 0 bridgehead atoms. The normalized spacial score (nSPS) is 21.1. The van der Waals surface area contributed by atoms with Crippen molar-refractivity contribution in [2.75, 3.05) is 18.4 Å². The molecule has 13 heteroatoms. The van der Waals surface area contributed by atoms with Gasteiger partial charge in [0.15, 0.2) is 0 Å². The number of aromatic nitrogens is 4. The zero-order valence-electron chi connectivity index (χ0n) is 24.5. The first-order valence-corrected chi connectivity index (χ1v) is 15.6. The van der Waals surface area contributed by atoms with Gasteiger partial charge in [0, 0.05) is 67.1 Å². The van der Waals surface area contributed by atoms with Crippen LogP contribution in [-0.2, 0) is 36.1 Å². The molecule has 1 atom stereocenters. The van der Waals surface area contributed by atoms with Gasteiger partial charge in [0.1, 0.15) is 11.9 Å². The van der Waals surface area contributed by atoms with Gasteiger partial charge in [-0.2, -0.15) is 5.10 Å². The van der Waals surface area contributed by atoms with Gasteiger partial charge in [-0.3, -0.25) is 29.3 Å². The molecule has 5 heterocycles. The number of rotatable bonds is 8. The molecule has 0 radical (unpaired) electrons. The topological polar surface area (TPSA) is 125 Å². The summed E-state index contributed by atoms with van der Waals surface area (Å²) in [5.41, 5.74) is 3.90. The Morgan fingerprint density at radius 3 is 2.61 bits per heavy atom. The van der Waals surface area contributed by atoms with Gasteiger partial charge in [-0.15, -0.1) is 0 Å². The fraction of sp³-hybridized carbons (Fsp3) is 0.484. The molecule has 1 aliphatic carbocycles. The van der Waals surface area contributed by atoms with E-state index in [2.05, 4.69) is 25.6 Å². The fourth-order valence-electron chi connectivity index (χ4n) is 6.56. The molecule has 1 saturated carbocycles. The highest BCUT2D eigenvalue weighted by atomic mass is 35.5. The Bertz CT molecular complexity index is 1650. The van der Waals surface area contributed by atoms with Crippen LogP contribution in [0.5, 0.6) is 0 Å². The third-order valence-electron chi connectivity index (χ3n) is 9.28. The number of imide groups is 1. The van der Waals surface area contributed by atoms with Crippen molar-refractivity contribution in [1.82, 2.24) is 34.9 Å². The van der Waals surface area contributed by atoms with Gasteiger partial charge in [0.25, 0.3) is 5.91 Å². The Morgan fingerprint density at radius 1 is 1.07 bits per heavy atom. The molecule has 44 heavy (non-hydrogen) atoms. The van der Waals surface area contributed by atoms with Crippen LogP contribution in [0.4, 0.5) is 10.3 Å². The number of hydrogen-bond donors (Lipinski definition) is 2. The second-order valence-electron chi connectivity index (χ2n) is 12.3. The molecule has 11 nitrogen and oxygen atoms in total. The standard InChI is InChI=1S/C31H34ClFN8O3/c1-39-25(12-17-2-3-17)21(13-35-39)28-23(32)14-34-31(38-28)36-19-8-10-40(11-9-19)15-18-4-5-20-22(27(18)33)16-41(30(20)44)24-6-7-26(42)37-29(24)43/h4-5,13-14,17,19,24H,2-3,6-12,15-16H2,1H3,(H,34,36,38)(H,37,42,43). The van der Waals surface area contributed by atoms with Gasteiger partial charge in [0.05, 0.1) is 29.7 Å². The van der Waals surface area contributed by atoms with Crippen molar-refractivity contribution in [1.29, 1.82) is 0 Å². The van der Waals surface area contributed by atoms with Crippen LogP contribution < -0.4 is 10.6 Å². The van der Waals surface area contributed by atoms with E-state index in [-0.39, 0.29) is 42.8 Å². The molecule has 1 unspecified atom stereocenters. The lowest BCUT2D eigenvalue weighted by Crippen LogP contribution is -2.52. The van der Waals surface area contributed by atoms with Gasteiger partial charge in [-0.25, -0.2) is 14.4 Å². The molecule has 4 aliphatic rings. The van der Waals surface area contributed by atoms with Crippen LogP contribution in [0.3, 0.4) is 0 Å². The average molecular weight is 621 g/mol. The first-order chi connectivity index (χ1) is 21.2. The number of likely N-dealkylation sites (tertiary alicyclic amines) is 1. The lowest BCUT2D eigenvalue weighted by molar-refractivity contribution is -0.136. The first kappa shape index (κ1) is 28.8. The third kappa shape index (κ3) is 5.56. The smallest absolute Gasteiger partial charge is 0.255 e. The number of aryl methyl sites for hydroxylation is 1. The lowest BCUT2D eigenvalue weighted by Gasteiger charge is -2.32. The second kappa shape index (κ2) is 11.6. The summed E-state index contributed by atoms with van der Waals surface area (Å²) in [5, 5.41) is 10.7. The summed E-state index contributed by atoms with van der Waals surface area (Å²) >= 11 is 6.54. The van der Waals surface area contributed by atoms with Crippen LogP contribution >= 0.6 is 11.6 Å². The Balaban J connectivity index is 0.975. The number of amides is 3. The third-order valence-corrected chi connectivity index (χ3v) is 9.56. The quantitative estimate of drug-likeness (QED) is 0.367. The number of benzene rings is 1. The Morgan fingerprint density at radius 2 is 1.86 bits per heavy atom. The zero-order chi connectivity index (χ0) is 30.5. The molecular weight excluding hydrogens is 587 g/mol. The fourth-order valence-corrected chi connectivity index (χ4v) is 6.75. The van der Waals surface area contributed by atoms with Crippen LogP contribution in [0.25, 0.3) is 11.3 Å². The maximum atomic E-state index is 15.7. The van der Waals surface area contributed by atoms with Crippen molar-refractivity contribution in [2.45, 2.75) is 70.1 Å². The van der Waals surface area contributed by atoms with E-state index < -0.39 is 17.8 Å². The Labute approximate surface area is 259 Å². The van der Waals surface area contributed by atoms with E-state index in [1.54, 1.807) is 18.3 Å². The van der Waals surface area contributed by atoms with E-state index in [1.807, 2.05) is 17.9 Å². The average Bonchev–Trinajstić information content (AvgIpc) is 3.67. The van der Waals surface area contributed by atoms with Gasteiger partial charge in [-0.05, 0) is 50.5 Å². The molecule has 7 rings (SSSR count). The van der Waals surface area contributed by atoms with Gasteiger partial charge >= 0.3 is 0 Å². The molecule has 2 aromatic heterocycles. The number of halogens is 2. The molecular formula is C31H34ClFN8O3. The predicted octanol–water partition coefficient (Wildman–Crippen LogP) is 3.46. The number of nitrogens with one attached hydrogen (secondary N) is 2. The van der Waals surface area contributed by atoms with E-state index in [4.69, 9.17) is 16.6 Å². The molecule has 3 aliphatic heterocycles. The van der Waals surface area contributed by atoms with Crippen molar-refractivity contribution >= 4 is 35.3 Å². The molecule has 0 spiro atoms. The first-order valence-electron chi connectivity index (χ1n) is 15.2. The zero-order valence-corrected chi connectivity index (χ0v) is 25.2. The van der Waals surface area contributed by atoms with Crippen molar-refractivity contribution in [2.24, 2.45) is 13.0 Å². The minimum absolute atomic E-state index is 0.0241. The maximum absolute atomic E-state index is 15.7. The van der Waals surface area contributed by atoms with E-state index in [0.717, 1.165) is 43.6 Å². The van der Waals surface area contributed by atoms with Crippen molar-refractivity contribution < 1.29 is 18.8 Å². The van der Waals surface area contributed by atoms with Crippen LogP contribution in [0.1, 0.15) is 65.7 Å². The van der Waals surface area contributed by atoms with Crippen molar-refractivity contribution in [3.63, 3.8) is 0 Å². The van der Waals surface area contributed by atoms with E-state index in [0.29, 0.717) is 40.3 Å². The summed E-state index contributed by atoms with van der Waals surface area (Å²) in [4.78, 5) is 49.7. The Hall–Kier alpha value is -3.90. The van der Waals surface area contributed by atoms with E-state index in [9.17, 15) is 14.4 Å². The SMILES string of the molecule is Cn1ncc(-c2nc(NC3CCN(Cc4ccc5c(c4F)CN(C4CCC(=O)NC4=O)C5=O)CC3)ncc2Cl)c1CC1CC1. The van der Waals surface area contributed by atoms with E-state index in [1.165, 1.54) is 17.7 Å². The highest BCUT2D eigenvalue weighted by Crippen LogP contribution is 2.37. The minimum atomic E-state index is -0.767. The number of carbonyl (C=O) groups excluding carboxylic acids is 3. The minimum Gasteiger partial charge on any atom is -0.351 e. The molecule has 230 valence electrons. The van der Waals surface area contributed by atoms with Gasteiger partial charge in [0.2, 0.25) is 17.8 Å². The molecule has 2 N–H and O–H groups in total. The highest BCUT2D eigenvalue weighted by molar-refractivity contribution is 6.33. The second-order valence-corrected chi connectivity index (χ2v) is 12.7. The largest absolute Gasteiger partial charge is 0.351 e. The monoisotopic (exact) mass is 620 g/mol. The summed E-state index contributed by atoms with van der Waals surface area (Å²) in [6, 6.07) is 2.72. The maximum Gasteiger partial charge on any atom is 0.255 e. The molecule has 1 aromatic carbocycles. The molecule has 3 fully saturated rings. The molecule has 3 amide bonds. The summed E-state index contributed by atoms with van der Waals surface area (Å²) in [7, 11) is 1.95. The number of carbonyl (C=O) groups is 3. The number of nitrogens with zero attached hydrogens (tertiary/aromatic N) is 6. The number of piperidine rings is 2. The van der Waals surface area contributed by atoms with Crippen LogP contribution in [0.2, 0.25) is 5.02 Å².